The number of alkyl carbamates (subject to hydrolysis) is 1. The van der Waals surface area contributed by atoms with Crippen molar-refractivity contribution in [1.82, 2.24) is 10.2 Å². The van der Waals surface area contributed by atoms with Gasteiger partial charge in [-0.3, -0.25) is 4.79 Å². The minimum Gasteiger partial charge on any atom is -0.480 e. The van der Waals surface area contributed by atoms with E-state index in [2.05, 4.69) is 29.6 Å². The van der Waals surface area contributed by atoms with Crippen LogP contribution in [0.25, 0.3) is 11.1 Å². The summed E-state index contributed by atoms with van der Waals surface area (Å²) in [6.07, 6.45) is 0.292. The molecule has 1 saturated heterocycles. The van der Waals surface area contributed by atoms with Crippen LogP contribution in [0.4, 0.5) is 4.79 Å². The molecule has 0 saturated carbocycles. The molecule has 0 aromatic heterocycles. The van der Waals surface area contributed by atoms with E-state index in [0.29, 0.717) is 19.4 Å². The van der Waals surface area contributed by atoms with Crippen molar-refractivity contribution in [3.05, 3.63) is 59.7 Å². The number of fused-ring (bicyclic) bond motifs is 3. The zero-order valence-corrected chi connectivity index (χ0v) is 20.1. The molecule has 2 N–H and O–H groups in total. The van der Waals surface area contributed by atoms with E-state index in [-0.39, 0.29) is 37.4 Å². The van der Waals surface area contributed by atoms with E-state index in [9.17, 15) is 19.5 Å². The number of morpholine rings is 1. The Hall–Kier alpha value is -3.39. The van der Waals surface area contributed by atoms with Crippen LogP contribution in [-0.2, 0) is 19.1 Å². The van der Waals surface area contributed by atoms with Gasteiger partial charge >= 0.3 is 12.1 Å². The van der Waals surface area contributed by atoms with Crippen LogP contribution in [0.2, 0.25) is 0 Å². The van der Waals surface area contributed by atoms with Crippen LogP contribution in [-0.4, -0.2) is 65.9 Å². The van der Waals surface area contributed by atoms with Crippen molar-refractivity contribution < 1.29 is 29.0 Å². The third kappa shape index (κ3) is 5.48. The number of carboxylic acid groups (broad SMARTS) is 1. The van der Waals surface area contributed by atoms with Crippen LogP contribution in [0.15, 0.2) is 48.5 Å². The van der Waals surface area contributed by atoms with Crippen molar-refractivity contribution in [1.29, 1.82) is 0 Å². The van der Waals surface area contributed by atoms with Gasteiger partial charge in [0.15, 0.2) is 6.04 Å². The summed E-state index contributed by atoms with van der Waals surface area (Å²) in [5.41, 5.74) is 4.67. The summed E-state index contributed by atoms with van der Waals surface area (Å²) in [4.78, 5) is 38.0. The highest BCUT2D eigenvalue weighted by Crippen LogP contribution is 2.44. The fourth-order valence-electron chi connectivity index (χ4n) is 5.05. The van der Waals surface area contributed by atoms with Crippen molar-refractivity contribution >= 4 is 18.0 Å². The van der Waals surface area contributed by atoms with Gasteiger partial charge in [0.2, 0.25) is 5.91 Å². The molecular weight excluding hydrogens is 448 g/mol. The van der Waals surface area contributed by atoms with Crippen molar-refractivity contribution in [3.63, 3.8) is 0 Å². The van der Waals surface area contributed by atoms with Gasteiger partial charge in [0.25, 0.3) is 0 Å². The third-order valence-electron chi connectivity index (χ3n) is 6.80. The molecule has 35 heavy (non-hydrogen) atoms. The number of carbonyl (C=O) groups is 3. The highest BCUT2D eigenvalue weighted by Gasteiger charge is 2.37. The Morgan fingerprint density at radius 1 is 1.11 bits per heavy atom. The van der Waals surface area contributed by atoms with Gasteiger partial charge in [0, 0.05) is 24.9 Å². The number of nitrogens with one attached hydrogen (secondary N) is 1. The molecule has 0 spiro atoms. The maximum Gasteiger partial charge on any atom is 0.407 e. The van der Waals surface area contributed by atoms with E-state index in [0.717, 1.165) is 11.1 Å². The number of carboxylic acids is 1. The molecule has 2 amide bonds. The van der Waals surface area contributed by atoms with Crippen molar-refractivity contribution in [3.8, 4) is 11.1 Å². The zero-order valence-electron chi connectivity index (χ0n) is 20.1. The number of benzene rings is 2. The number of amides is 2. The monoisotopic (exact) mass is 480 g/mol. The molecular formula is C27H32N2O6. The lowest BCUT2D eigenvalue weighted by Crippen LogP contribution is -2.56. The second-order valence-electron chi connectivity index (χ2n) is 9.21. The zero-order chi connectivity index (χ0) is 24.9. The van der Waals surface area contributed by atoms with Gasteiger partial charge in [-0.05, 0) is 48.9 Å². The topological polar surface area (TPSA) is 105 Å². The van der Waals surface area contributed by atoms with E-state index < -0.39 is 24.2 Å². The Labute approximate surface area is 205 Å². The van der Waals surface area contributed by atoms with Crippen molar-refractivity contribution in [2.45, 2.75) is 57.2 Å². The maximum absolute atomic E-state index is 12.6. The largest absolute Gasteiger partial charge is 0.480 e. The van der Waals surface area contributed by atoms with Crippen LogP contribution in [0, 0.1) is 0 Å². The molecule has 2 aliphatic rings. The second kappa shape index (κ2) is 10.9. The van der Waals surface area contributed by atoms with Crippen LogP contribution in [0.5, 0.6) is 0 Å². The number of hydrogen-bond acceptors (Lipinski definition) is 5. The summed E-state index contributed by atoms with van der Waals surface area (Å²) in [5.74, 6) is -1.27. The first-order valence-corrected chi connectivity index (χ1v) is 12.1. The summed E-state index contributed by atoms with van der Waals surface area (Å²) in [5, 5.41) is 12.3. The summed E-state index contributed by atoms with van der Waals surface area (Å²) < 4.78 is 11.0. The quantitative estimate of drug-likeness (QED) is 0.596. The van der Waals surface area contributed by atoms with E-state index >= 15 is 0 Å². The lowest BCUT2D eigenvalue weighted by atomic mass is 9.98. The molecule has 186 valence electrons. The smallest absolute Gasteiger partial charge is 0.407 e. The van der Waals surface area contributed by atoms with Gasteiger partial charge in [-0.15, -0.1) is 0 Å². The number of rotatable bonds is 8. The predicted molar refractivity (Wildman–Crippen MR) is 130 cm³/mol. The number of ether oxygens (including phenoxy) is 2. The van der Waals surface area contributed by atoms with Crippen LogP contribution in [0.1, 0.15) is 50.2 Å². The van der Waals surface area contributed by atoms with Gasteiger partial charge in [-0.2, -0.15) is 0 Å². The molecule has 3 unspecified atom stereocenters. The van der Waals surface area contributed by atoms with E-state index in [4.69, 9.17) is 9.47 Å². The molecule has 4 rings (SSSR count). The Bertz CT molecular complexity index is 1040. The summed E-state index contributed by atoms with van der Waals surface area (Å²) in [6.45, 7) is 4.38. The van der Waals surface area contributed by atoms with Gasteiger partial charge < -0.3 is 24.8 Å². The van der Waals surface area contributed by atoms with Gasteiger partial charge in [0.1, 0.15) is 6.61 Å². The highest BCUT2D eigenvalue weighted by molar-refractivity contribution is 5.84. The predicted octanol–water partition coefficient (Wildman–Crippen LogP) is 3.78. The molecule has 1 aliphatic heterocycles. The minimum absolute atomic E-state index is 0.000766. The highest BCUT2D eigenvalue weighted by atomic mass is 16.5. The molecule has 2 aromatic carbocycles. The summed E-state index contributed by atoms with van der Waals surface area (Å²) >= 11 is 0. The third-order valence-corrected chi connectivity index (χ3v) is 6.80. The number of carbonyl (C=O) groups excluding carboxylic acids is 2. The first-order valence-electron chi connectivity index (χ1n) is 12.1. The molecule has 3 atom stereocenters. The second-order valence-corrected chi connectivity index (χ2v) is 9.21. The fourth-order valence-corrected chi connectivity index (χ4v) is 5.05. The Kier molecular flexibility index (Phi) is 7.70. The number of hydrogen-bond donors (Lipinski definition) is 2. The lowest BCUT2D eigenvalue weighted by molar-refractivity contribution is -0.164. The van der Waals surface area contributed by atoms with Crippen molar-refractivity contribution in [2.75, 3.05) is 19.8 Å². The Morgan fingerprint density at radius 3 is 2.37 bits per heavy atom. The SMILES string of the molecule is CC(CCCC(=O)N1CCOC(C)C1C(=O)O)NC(=O)OCC1c2ccccc2-c2ccccc21. The number of nitrogens with zero attached hydrogens (tertiary/aromatic N) is 1. The van der Waals surface area contributed by atoms with Crippen LogP contribution < -0.4 is 5.32 Å². The fraction of sp³-hybridized carbons (Fsp3) is 0.444. The first-order chi connectivity index (χ1) is 16.9. The van der Waals surface area contributed by atoms with Crippen LogP contribution in [0.3, 0.4) is 0 Å². The molecule has 2 aromatic rings. The van der Waals surface area contributed by atoms with Crippen LogP contribution >= 0.6 is 0 Å². The Morgan fingerprint density at radius 2 is 1.74 bits per heavy atom. The average molecular weight is 481 g/mol. The van der Waals surface area contributed by atoms with Gasteiger partial charge in [-0.25, -0.2) is 9.59 Å². The lowest BCUT2D eigenvalue weighted by Gasteiger charge is -2.37. The minimum atomic E-state index is -1.06. The van der Waals surface area contributed by atoms with E-state index in [1.165, 1.54) is 16.0 Å². The molecule has 0 bridgehead atoms. The Balaban J connectivity index is 1.23. The van der Waals surface area contributed by atoms with Gasteiger partial charge in [-0.1, -0.05) is 48.5 Å². The maximum atomic E-state index is 12.6. The number of aliphatic carboxylic acids is 1. The molecule has 1 heterocycles. The molecule has 0 radical (unpaired) electrons. The van der Waals surface area contributed by atoms with E-state index in [1.54, 1.807) is 6.92 Å². The molecule has 8 nitrogen and oxygen atoms in total. The summed E-state index contributed by atoms with van der Waals surface area (Å²) in [6, 6.07) is 15.2. The van der Waals surface area contributed by atoms with Crippen molar-refractivity contribution in [2.24, 2.45) is 0 Å². The average Bonchev–Trinajstić information content (AvgIpc) is 3.16. The molecule has 1 fully saturated rings. The summed E-state index contributed by atoms with van der Waals surface area (Å²) in [7, 11) is 0. The van der Waals surface area contributed by atoms with E-state index in [1.807, 2.05) is 31.2 Å². The normalized spacial score (nSPS) is 20.0. The standard InChI is InChI=1S/C27H32N2O6/c1-17(8-7-13-24(30)29-14-15-34-18(2)25(29)26(31)32)28-27(33)35-16-23-21-11-5-3-9-19(21)20-10-4-6-12-22(20)23/h3-6,9-12,17-18,23,25H,7-8,13-16H2,1-2H3,(H,28,33)(H,31,32). The van der Waals surface area contributed by atoms with Gasteiger partial charge in [0.05, 0.1) is 12.7 Å². The molecule has 1 aliphatic carbocycles. The molecule has 8 heteroatoms. The first kappa shape index (κ1) is 24.7.